The molecule has 0 heterocycles. The Labute approximate surface area is 110 Å². The van der Waals surface area contributed by atoms with Gasteiger partial charge in [0.25, 0.3) is 10.1 Å². The molecular weight excluding hydrogens is 268 g/mol. The second kappa shape index (κ2) is 6.12. The molecule has 2 aromatic rings. The molecule has 0 aliphatic carbocycles. The van der Waals surface area contributed by atoms with E-state index < -0.39 is 20.8 Å². The molecule has 0 aromatic heterocycles. The van der Waals surface area contributed by atoms with Crippen molar-refractivity contribution in [3.63, 3.8) is 0 Å². The van der Waals surface area contributed by atoms with Gasteiger partial charge in [0, 0.05) is 5.56 Å². The third-order valence-electron chi connectivity index (χ3n) is 2.34. The minimum Gasteiger partial charge on any atom is -0.506 e. The first-order chi connectivity index (χ1) is 9.00. The maximum atomic E-state index is 11.2. The summed E-state index contributed by atoms with van der Waals surface area (Å²) in [5.41, 5.74) is 0.879. The minimum atomic E-state index is -4.46. The molecule has 0 atom stereocenters. The van der Waals surface area contributed by atoms with Crippen molar-refractivity contribution in [2.75, 3.05) is 0 Å². The van der Waals surface area contributed by atoms with Gasteiger partial charge in [-0.05, 0) is 11.6 Å². The van der Waals surface area contributed by atoms with E-state index in [0.29, 0.717) is 5.56 Å². The number of rotatable bonds is 2. The molecule has 100 valence electrons. The van der Waals surface area contributed by atoms with Gasteiger partial charge < -0.3 is 9.90 Å². The first-order valence-corrected chi connectivity index (χ1v) is 6.58. The lowest BCUT2D eigenvalue weighted by Crippen LogP contribution is -2.01. The van der Waals surface area contributed by atoms with Gasteiger partial charge in [-0.25, -0.2) is 0 Å². The van der Waals surface area contributed by atoms with Gasteiger partial charge in [-0.1, -0.05) is 42.5 Å². The van der Waals surface area contributed by atoms with Crippen molar-refractivity contribution in [3.05, 3.63) is 48.5 Å². The smallest absolute Gasteiger partial charge is 0.298 e. The van der Waals surface area contributed by atoms with Crippen molar-refractivity contribution in [2.24, 2.45) is 0 Å². The number of hydrogen-bond acceptors (Lipinski definition) is 4. The van der Waals surface area contributed by atoms with Gasteiger partial charge in [-0.2, -0.15) is 8.42 Å². The fraction of sp³-hybridized carbons (Fsp3) is 0. The van der Waals surface area contributed by atoms with Crippen LogP contribution in [0.15, 0.2) is 53.4 Å². The Bertz CT molecular complexity index is 650. The van der Waals surface area contributed by atoms with Gasteiger partial charge >= 0.3 is 0 Å². The third-order valence-corrected chi connectivity index (χ3v) is 3.28. The Kier molecular flexibility index (Phi) is 4.80. The maximum absolute atomic E-state index is 11.2. The molecular formula is C13H12O5S. The molecule has 19 heavy (non-hydrogen) atoms. The van der Waals surface area contributed by atoms with E-state index in [1.807, 2.05) is 6.79 Å². The summed E-state index contributed by atoms with van der Waals surface area (Å²) in [6.45, 7) is 2.00. The monoisotopic (exact) mass is 280 g/mol. The summed E-state index contributed by atoms with van der Waals surface area (Å²) in [7, 11) is -4.46. The van der Waals surface area contributed by atoms with Crippen LogP contribution in [0.4, 0.5) is 0 Å². The summed E-state index contributed by atoms with van der Waals surface area (Å²) in [5.74, 6) is -0.464. The summed E-state index contributed by atoms with van der Waals surface area (Å²) in [4.78, 5) is 7.53. The first kappa shape index (κ1) is 14.9. The van der Waals surface area contributed by atoms with E-state index in [0.717, 1.165) is 0 Å². The van der Waals surface area contributed by atoms with E-state index in [1.165, 1.54) is 18.2 Å². The van der Waals surface area contributed by atoms with Crippen LogP contribution in [0.5, 0.6) is 5.75 Å². The standard InChI is InChI=1S/C12H10O4S.CH2O/c13-11-8-4-7-10(12(11)17(14,15)16)9-5-2-1-3-6-9;1-2/h1-8,13H,(H,14,15,16);1H2. The fourth-order valence-electron chi connectivity index (χ4n) is 1.64. The van der Waals surface area contributed by atoms with Crippen molar-refractivity contribution < 1.29 is 22.9 Å². The lowest BCUT2D eigenvalue weighted by molar-refractivity contribution is -0.0979. The van der Waals surface area contributed by atoms with E-state index in [1.54, 1.807) is 30.3 Å². The normalized spacial score (nSPS) is 10.4. The van der Waals surface area contributed by atoms with Crippen molar-refractivity contribution in [3.8, 4) is 16.9 Å². The van der Waals surface area contributed by atoms with Crippen LogP contribution in [0, 0.1) is 0 Å². The summed E-state index contributed by atoms with van der Waals surface area (Å²) >= 11 is 0. The summed E-state index contributed by atoms with van der Waals surface area (Å²) in [6, 6.07) is 12.9. The number of aromatic hydroxyl groups is 1. The Hall–Kier alpha value is -2.18. The van der Waals surface area contributed by atoms with Gasteiger partial charge in [0.05, 0.1) is 0 Å². The highest BCUT2D eigenvalue weighted by Crippen LogP contribution is 2.33. The van der Waals surface area contributed by atoms with Gasteiger partial charge in [0.2, 0.25) is 0 Å². The van der Waals surface area contributed by atoms with Crippen LogP contribution in [0.2, 0.25) is 0 Å². The highest BCUT2D eigenvalue weighted by Gasteiger charge is 2.20. The highest BCUT2D eigenvalue weighted by molar-refractivity contribution is 7.86. The summed E-state index contributed by atoms with van der Waals surface area (Å²) in [6.07, 6.45) is 0. The zero-order chi connectivity index (χ0) is 14.5. The number of carbonyl (C=O) groups excluding carboxylic acids is 1. The van der Waals surface area contributed by atoms with Crippen LogP contribution in [-0.4, -0.2) is 24.9 Å². The molecule has 5 nitrogen and oxygen atoms in total. The lowest BCUT2D eigenvalue weighted by Gasteiger charge is -2.08. The average molecular weight is 280 g/mol. The van der Waals surface area contributed by atoms with Crippen LogP contribution in [0.3, 0.4) is 0 Å². The van der Waals surface area contributed by atoms with Gasteiger partial charge in [-0.15, -0.1) is 0 Å². The quantitative estimate of drug-likeness (QED) is 0.822. The predicted octanol–water partition coefficient (Wildman–Crippen LogP) is 2.12. The molecule has 2 aromatic carbocycles. The molecule has 0 fully saturated rings. The molecule has 0 spiro atoms. The zero-order valence-electron chi connectivity index (χ0n) is 9.85. The fourth-order valence-corrected chi connectivity index (χ4v) is 2.44. The number of carbonyl (C=O) groups is 1. The van der Waals surface area contributed by atoms with Crippen LogP contribution < -0.4 is 0 Å². The van der Waals surface area contributed by atoms with Crippen molar-refractivity contribution in [1.29, 1.82) is 0 Å². The van der Waals surface area contributed by atoms with E-state index in [4.69, 9.17) is 9.35 Å². The van der Waals surface area contributed by atoms with Crippen LogP contribution >= 0.6 is 0 Å². The minimum absolute atomic E-state index is 0.271. The van der Waals surface area contributed by atoms with E-state index in [2.05, 4.69) is 0 Å². The van der Waals surface area contributed by atoms with Crippen molar-refractivity contribution in [2.45, 2.75) is 4.90 Å². The summed E-state index contributed by atoms with van der Waals surface area (Å²) in [5, 5.41) is 9.55. The van der Waals surface area contributed by atoms with Gasteiger partial charge in [-0.3, -0.25) is 4.55 Å². The maximum Gasteiger partial charge on any atom is 0.298 e. The van der Waals surface area contributed by atoms with Crippen LogP contribution in [-0.2, 0) is 14.9 Å². The number of phenolic OH excluding ortho intramolecular Hbond substituents is 1. The van der Waals surface area contributed by atoms with Crippen molar-refractivity contribution >= 4 is 16.9 Å². The Morgan fingerprint density at radius 2 is 1.47 bits per heavy atom. The second-order valence-corrected chi connectivity index (χ2v) is 4.85. The topological polar surface area (TPSA) is 91.7 Å². The summed E-state index contributed by atoms with van der Waals surface area (Å²) < 4.78 is 31.6. The number of benzene rings is 2. The zero-order valence-corrected chi connectivity index (χ0v) is 10.7. The average Bonchev–Trinajstić information content (AvgIpc) is 2.40. The van der Waals surface area contributed by atoms with Gasteiger partial charge in [0.1, 0.15) is 17.4 Å². The van der Waals surface area contributed by atoms with Crippen molar-refractivity contribution in [1.82, 2.24) is 0 Å². The SMILES string of the molecule is C=O.O=S(=O)(O)c1c(O)cccc1-c1ccccc1. The molecule has 0 amide bonds. The molecule has 0 aliphatic heterocycles. The molecule has 0 bridgehead atoms. The Morgan fingerprint density at radius 3 is 2.00 bits per heavy atom. The lowest BCUT2D eigenvalue weighted by atomic mass is 10.1. The molecule has 0 saturated heterocycles. The second-order valence-electron chi connectivity index (χ2n) is 3.49. The molecule has 0 saturated carbocycles. The van der Waals surface area contributed by atoms with Crippen LogP contribution in [0.25, 0.3) is 11.1 Å². The van der Waals surface area contributed by atoms with E-state index in [-0.39, 0.29) is 5.56 Å². The Morgan fingerprint density at radius 1 is 0.895 bits per heavy atom. The first-order valence-electron chi connectivity index (χ1n) is 5.14. The molecule has 2 rings (SSSR count). The molecule has 0 aliphatic rings. The highest BCUT2D eigenvalue weighted by atomic mass is 32.2. The largest absolute Gasteiger partial charge is 0.506 e. The predicted molar refractivity (Wildman–Crippen MR) is 70.5 cm³/mol. The van der Waals surface area contributed by atoms with Gasteiger partial charge in [0.15, 0.2) is 0 Å². The molecule has 2 N–H and O–H groups in total. The Balaban J connectivity index is 0.000000861. The van der Waals surface area contributed by atoms with E-state index >= 15 is 0 Å². The number of phenols is 1. The third kappa shape index (κ3) is 3.40. The number of hydrogen-bond donors (Lipinski definition) is 2. The van der Waals surface area contributed by atoms with E-state index in [9.17, 15) is 13.5 Å². The molecule has 0 unspecified atom stereocenters. The molecule has 6 heteroatoms. The van der Waals surface area contributed by atoms with Crippen LogP contribution in [0.1, 0.15) is 0 Å². The molecule has 0 radical (unpaired) electrons.